The van der Waals surface area contributed by atoms with E-state index in [1.807, 2.05) is 0 Å². The largest absolute Gasteiger partial charge is 0.393 e. The first-order valence-corrected chi connectivity index (χ1v) is 4.13. The molecule has 0 aromatic rings. The summed E-state index contributed by atoms with van der Waals surface area (Å²) in [6.07, 6.45) is -0.640. The van der Waals surface area contributed by atoms with Crippen LogP contribution in [0.1, 0.15) is 0 Å². The van der Waals surface area contributed by atoms with E-state index in [4.69, 9.17) is 17.7 Å². The maximum atomic E-state index is 9.72. The van der Waals surface area contributed by atoms with Crippen molar-refractivity contribution in [2.24, 2.45) is 5.92 Å². The van der Waals surface area contributed by atoms with E-state index in [-0.39, 0.29) is 12.5 Å². The molecule has 2 aliphatic rings. The Bertz CT molecular complexity index is 191. The highest BCUT2D eigenvalue weighted by Crippen LogP contribution is 2.36. The molecule has 0 saturated carbocycles. The van der Waals surface area contributed by atoms with Gasteiger partial charge in [0.1, 0.15) is 13.4 Å². The molecule has 2 heterocycles. The lowest BCUT2D eigenvalue weighted by Crippen LogP contribution is -2.57. The van der Waals surface area contributed by atoms with Crippen molar-refractivity contribution in [3.8, 4) is 0 Å². The van der Waals surface area contributed by atoms with Crippen molar-refractivity contribution >= 4 is 7.85 Å². The SMILES string of the molecule is [B][C@@H]1O[C@@]2(CO)CNC[C@@H]1[C@@H]2O. The zero-order valence-corrected chi connectivity index (χ0v) is 6.73. The van der Waals surface area contributed by atoms with Crippen molar-refractivity contribution < 1.29 is 14.9 Å². The molecule has 2 bridgehead atoms. The van der Waals surface area contributed by atoms with Crippen LogP contribution in [0.3, 0.4) is 0 Å². The van der Waals surface area contributed by atoms with Crippen LogP contribution in [0.15, 0.2) is 0 Å². The van der Waals surface area contributed by atoms with Crippen molar-refractivity contribution in [3.63, 3.8) is 0 Å². The lowest BCUT2D eigenvalue weighted by atomic mass is 9.79. The first-order chi connectivity index (χ1) is 5.69. The van der Waals surface area contributed by atoms with E-state index in [1.54, 1.807) is 0 Å². The third-order valence-electron chi connectivity index (χ3n) is 2.81. The van der Waals surface area contributed by atoms with Crippen LogP contribution in [0.2, 0.25) is 0 Å². The van der Waals surface area contributed by atoms with Gasteiger partial charge in [0, 0.05) is 25.0 Å². The van der Waals surface area contributed by atoms with Crippen LogP contribution in [-0.4, -0.2) is 55.5 Å². The third-order valence-corrected chi connectivity index (χ3v) is 2.81. The Kier molecular flexibility index (Phi) is 1.91. The molecule has 4 nitrogen and oxygen atoms in total. The summed E-state index contributed by atoms with van der Waals surface area (Å²) in [7, 11) is 5.64. The summed E-state index contributed by atoms with van der Waals surface area (Å²) < 4.78 is 5.35. The highest BCUT2D eigenvalue weighted by Gasteiger charge is 2.54. The third kappa shape index (κ3) is 0.940. The minimum atomic E-state index is -0.859. The molecule has 5 heteroatoms. The molecule has 66 valence electrons. The van der Waals surface area contributed by atoms with Crippen molar-refractivity contribution in [1.29, 1.82) is 0 Å². The Morgan fingerprint density at radius 2 is 2.42 bits per heavy atom. The summed E-state index contributed by atoms with van der Waals surface area (Å²) in [5.74, 6) is -0.0918. The molecule has 0 aromatic carbocycles. The zero-order valence-electron chi connectivity index (χ0n) is 6.73. The molecule has 0 aliphatic carbocycles. The van der Waals surface area contributed by atoms with Gasteiger partial charge in [-0.05, 0) is 0 Å². The number of piperidine rings is 1. The molecule has 4 atom stereocenters. The van der Waals surface area contributed by atoms with E-state index < -0.39 is 17.7 Å². The second-order valence-electron chi connectivity index (χ2n) is 3.54. The molecule has 0 aromatic heterocycles. The van der Waals surface area contributed by atoms with Gasteiger partial charge in [0.25, 0.3) is 0 Å². The predicted molar refractivity (Wildman–Crippen MR) is 42.8 cm³/mol. The van der Waals surface area contributed by atoms with Gasteiger partial charge in [-0.3, -0.25) is 0 Å². The number of nitrogens with one attached hydrogen (secondary N) is 1. The van der Waals surface area contributed by atoms with Crippen LogP contribution >= 0.6 is 0 Å². The molecule has 2 saturated heterocycles. The Labute approximate surface area is 72.3 Å². The second kappa shape index (κ2) is 2.70. The number of aliphatic hydroxyl groups excluding tert-OH is 2. The van der Waals surface area contributed by atoms with Gasteiger partial charge in [-0.15, -0.1) is 0 Å². The van der Waals surface area contributed by atoms with Crippen LogP contribution < -0.4 is 5.32 Å². The maximum absolute atomic E-state index is 9.72. The van der Waals surface area contributed by atoms with Gasteiger partial charge in [-0.2, -0.15) is 0 Å². The van der Waals surface area contributed by atoms with Gasteiger partial charge in [0.15, 0.2) is 0 Å². The molecule has 2 rings (SSSR count). The monoisotopic (exact) mass is 169 g/mol. The van der Waals surface area contributed by atoms with E-state index in [0.717, 1.165) is 0 Å². The Morgan fingerprint density at radius 3 is 3.00 bits per heavy atom. The fraction of sp³-hybridized carbons (Fsp3) is 1.00. The van der Waals surface area contributed by atoms with E-state index in [9.17, 15) is 5.11 Å². The number of hydrogen-bond donors (Lipinski definition) is 3. The van der Waals surface area contributed by atoms with Crippen LogP contribution in [0, 0.1) is 5.92 Å². The topological polar surface area (TPSA) is 61.7 Å². The number of ether oxygens (including phenoxy) is 1. The summed E-state index contributed by atoms with van der Waals surface area (Å²) in [6, 6.07) is -0.456. The number of rotatable bonds is 1. The summed E-state index contributed by atoms with van der Waals surface area (Å²) in [6.45, 7) is 0.935. The standard InChI is InChI=1S/C7H12BNO3/c8-6-4-1-9-2-7(3-10,12-6)5(4)11/h4-6,9-11H,1-3H2/t4-,5+,6-,7-/m1/s1. The van der Waals surface area contributed by atoms with Crippen LogP contribution in [0.25, 0.3) is 0 Å². The van der Waals surface area contributed by atoms with E-state index in [0.29, 0.717) is 13.1 Å². The summed E-state index contributed by atoms with van der Waals surface area (Å²) >= 11 is 0. The molecular formula is C7H12BNO3. The summed E-state index contributed by atoms with van der Waals surface area (Å²) in [4.78, 5) is 0. The van der Waals surface area contributed by atoms with Gasteiger partial charge < -0.3 is 20.3 Å². The lowest BCUT2D eigenvalue weighted by molar-refractivity contribution is -0.100. The normalized spacial score (nSPS) is 52.7. The van der Waals surface area contributed by atoms with Gasteiger partial charge in [0.05, 0.1) is 12.7 Å². The van der Waals surface area contributed by atoms with Gasteiger partial charge in [-0.25, -0.2) is 0 Å². The summed E-state index contributed by atoms with van der Waals surface area (Å²) in [5.41, 5.74) is -0.859. The van der Waals surface area contributed by atoms with E-state index in [1.165, 1.54) is 0 Å². The van der Waals surface area contributed by atoms with Crippen LogP contribution in [-0.2, 0) is 4.74 Å². The van der Waals surface area contributed by atoms with Crippen molar-refractivity contribution in [2.45, 2.75) is 17.7 Å². The molecule has 2 radical (unpaired) electrons. The Morgan fingerprint density at radius 1 is 1.67 bits per heavy atom. The van der Waals surface area contributed by atoms with Gasteiger partial charge in [-0.1, -0.05) is 0 Å². The number of aliphatic hydroxyl groups is 2. The Hall–Kier alpha value is -0.0951. The fourth-order valence-corrected chi connectivity index (χ4v) is 2.01. The van der Waals surface area contributed by atoms with E-state index >= 15 is 0 Å². The van der Waals surface area contributed by atoms with Crippen molar-refractivity contribution in [3.05, 3.63) is 0 Å². The quantitative estimate of drug-likeness (QED) is 0.390. The van der Waals surface area contributed by atoms with Crippen molar-refractivity contribution in [1.82, 2.24) is 5.32 Å². The van der Waals surface area contributed by atoms with E-state index in [2.05, 4.69) is 5.32 Å². The molecule has 3 N–H and O–H groups in total. The second-order valence-corrected chi connectivity index (χ2v) is 3.54. The fourth-order valence-electron chi connectivity index (χ4n) is 2.01. The average molecular weight is 169 g/mol. The molecular weight excluding hydrogens is 157 g/mol. The average Bonchev–Trinajstić information content (AvgIpc) is 2.23. The van der Waals surface area contributed by atoms with Gasteiger partial charge >= 0.3 is 0 Å². The van der Waals surface area contributed by atoms with Crippen molar-refractivity contribution in [2.75, 3.05) is 19.7 Å². The Balaban J connectivity index is 2.24. The minimum Gasteiger partial charge on any atom is -0.393 e. The zero-order chi connectivity index (χ0) is 8.77. The molecule has 0 spiro atoms. The highest BCUT2D eigenvalue weighted by atomic mass is 16.5. The highest BCUT2D eigenvalue weighted by molar-refractivity contribution is 6.11. The molecule has 2 aliphatic heterocycles. The van der Waals surface area contributed by atoms with Crippen LogP contribution in [0.5, 0.6) is 0 Å². The molecule has 12 heavy (non-hydrogen) atoms. The lowest BCUT2D eigenvalue weighted by Gasteiger charge is -2.34. The molecule has 2 fully saturated rings. The molecule has 0 amide bonds. The number of hydrogen-bond acceptors (Lipinski definition) is 4. The van der Waals surface area contributed by atoms with Crippen LogP contribution in [0.4, 0.5) is 0 Å². The summed E-state index contributed by atoms with van der Waals surface area (Å²) in [5, 5.41) is 21.9. The first-order valence-electron chi connectivity index (χ1n) is 4.13. The minimum absolute atomic E-state index is 0.0918. The molecule has 0 unspecified atom stereocenters. The maximum Gasteiger partial charge on any atom is 0.129 e. The predicted octanol–water partition coefficient (Wildman–Crippen LogP) is -2.18. The number of fused-ring (bicyclic) bond motifs is 2. The smallest absolute Gasteiger partial charge is 0.129 e. The first kappa shape index (κ1) is 8.50. The van der Waals surface area contributed by atoms with Gasteiger partial charge in [0.2, 0.25) is 0 Å².